The number of nitrogens with zero attached hydrogens (tertiary/aromatic N) is 2. The summed E-state index contributed by atoms with van der Waals surface area (Å²) in [4.78, 5) is 29.1. The van der Waals surface area contributed by atoms with Gasteiger partial charge in [0.25, 0.3) is 11.8 Å². The van der Waals surface area contributed by atoms with E-state index in [0.29, 0.717) is 48.2 Å². The van der Waals surface area contributed by atoms with Gasteiger partial charge in [-0.05, 0) is 53.4 Å². The van der Waals surface area contributed by atoms with Crippen LogP contribution in [0.3, 0.4) is 0 Å². The van der Waals surface area contributed by atoms with Crippen LogP contribution in [0.1, 0.15) is 36.7 Å². The van der Waals surface area contributed by atoms with Crippen molar-refractivity contribution < 1.29 is 14.3 Å². The molecule has 0 aromatic heterocycles. The minimum Gasteiger partial charge on any atom is -0.484 e. The fraction of sp³-hybridized carbons (Fsp3) is 0.310. The summed E-state index contributed by atoms with van der Waals surface area (Å²) >= 11 is 6.56. The molecule has 1 fully saturated rings. The van der Waals surface area contributed by atoms with E-state index in [-0.39, 0.29) is 23.8 Å². The van der Waals surface area contributed by atoms with E-state index in [1.54, 1.807) is 6.07 Å². The molecule has 0 atom stereocenters. The van der Waals surface area contributed by atoms with Crippen molar-refractivity contribution in [2.75, 3.05) is 43.0 Å². The highest BCUT2D eigenvalue weighted by atomic mass is 35.5. The van der Waals surface area contributed by atoms with Gasteiger partial charge < -0.3 is 19.9 Å². The van der Waals surface area contributed by atoms with Crippen LogP contribution in [0.15, 0.2) is 72.8 Å². The standard InChI is InChI=1S/C29H32ClN3O3/c1-29(2,3)22-9-12-24(13-10-22)36-20-27(34)31-23-11-14-26(25(30)19-23)32-15-17-33(18-16-32)28(35)21-7-5-4-6-8-21/h4-14,19H,15-18,20H2,1-3H3,(H,31,34). The molecule has 0 unspecified atom stereocenters. The predicted molar refractivity (Wildman–Crippen MR) is 145 cm³/mol. The van der Waals surface area contributed by atoms with E-state index in [1.165, 1.54) is 5.56 Å². The maximum atomic E-state index is 12.7. The molecule has 0 radical (unpaired) electrons. The van der Waals surface area contributed by atoms with Crippen LogP contribution in [0.5, 0.6) is 5.75 Å². The monoisotopic (exact) mass is 505 g/mol. The Bertz CT molecular complexity index is 1200. The number of amides is 2. The first-order valence-corrected chi connectivity index (χ1v) is 12.5. The van der Waals surface area contributed by atoms with Crippen LogP contribution in [0.2, 0.25) is 5.02 Å². The lowest BCUT2D eigenvalue weighted by molar-refractivity contribution is -0.118. The number of carbonyl (C=O) groups is 2. The Morgan fingerprint density at radius 3 is 2.19 bits per heavy atom. The van der Waals surface area contributed by atoms with Gasteiger partial charge in [-0.15, -0.1) is 0 Å². The van der Waals surface area contributed by atoms with Gasteiger partial charge in [0.15, 0.2) is 6.61 Å². The maximum absolute atomic E-state index is 12.7. The molecule has 0 bridgehead atoms. The van der Waals surface area contributed by atoms with Gasteiger partial charge in [0.2, 0.25) is 0 Å². The molecule has 6 nitrogen and oxygen atoms in total. The van der Waals surface area contributed by atoms with E-state index in [0.717, 1.165) is 5.69 Å². The highest BCUT2D eigenvalue weighted by molar-refractivity contribution is 6.33. The number of halogens is 1. The molecule has 0 saturated carbocycles. The number of rotatable bonds is 6. The number of ether oxygens (including phenoxy) is 1. The number of nitrogens with one attached hydrogen (secondary N) is 1. The predicted octanol–water partition coefficient (Wildman–Crippen LogP) is 5.62. The quantitative estimate of drug-likeness (QED) is 0.472. The summed E-state index contributed by atoms with van der Waals surface area (Å²) < 4.78 is 5.63. The molecular weight excluding hydrogens is 474 g/mol. The van der Waals surface area contributed by atoms with E-state index in [2.05, 4.69) is 31.0 Å². The molecule has 36 heavy (non-hydrogen) atoms. The third kappa shape index (κ3) is 6.38. The highest BCUT2D eigenvalue weighted by Crippen LogP contribution is 2.30. The fourth-order valence-electron chi connectivity index (χ4n) is 4.15. The molecule has 2 amide bonds. The molecular formula is C29H32ClN3O3. The van der Waals surface area contributed by atoms with Crippen LogP contribution >= 0.6 is 11.6 Å². The highest BCUT2D eigenvalue weighted by Gasteiger charge is 2.23. The topological polar surface area (TPSA) is 61.9 Å². The Balaban J connectivity index is 1.28. The summed E-state index contributed by atoms with van der Waals surface area (Å²) in [5.41, 5.74) is 3.47. The summed E-state index contributed by atoms with van der Waals surface area (Å²) in [6.07, 6.45) is 0. The first-order chi connectivity index (χ1) is 17.2. The minimum atomic E-state index is -0.258. The molecule has 1 heterocycles. The second kappa shape index (κ2) is 11.0. The van der Waals surface area contributed by atoms with E-state index >= 15 is 0 Å². The summed E-state index contributed by atoms with van der Waals surface area (Å²) in [6.45, 7) is 8.98. The molecule has 4 rings (SSSR count). The van der Waals surface area contributed by atoms with Gasteiger partial charge in [0.05, 0.1) is 10.7 Å². The Kier molecular flexibility index (Phi) is 7.85. The van der Waals surface area contributed by atoms with Crippen molar-refractivity contribution in [3.8, 4) is 5.75 Å². The number of benzene rings is 3. The summed E-state index contributed by atoms with van der Waals surface area (Å²) in [7, 11) is 0. The number of anilines is 2. The number of carbonyl (C=O) groups excluding carboxylic acids is 2. The van der Waals surface area contributed by atoms with Gasteiger partial charge in [-0.25, -0.2) is 0 Å². The minimum absolute atomic E-state index is 0.0479. The lowest BCUT2D eigenvalue weighted by Gasteiger charge is -2.36. The van der Waals surface area contributed by atoms with E-state index in [1.807, 2.05) is 71.6 Å². The summed E-state index contributed by atoms with van der Waals surface area (Å²) in [5, 5.41) is 3.39. The first-order valence-electron chi connectivity index (χ1n) is 12.1. The SMILES string of the molecule is CC(C)(C)c1ccc(OCC(=O)Nc2ccc(N3CCN(C(=O)c4ccccc4)CC3)c(Cl)c2)cc1. The van der Waals surface area contributed by atoms with Crippen LogP contribution < -0.4 is 15.0 Å². The average molecular weight is 506 g/mol. The van der Waals surface area contributed by atoms with Gasteiger partial charge in [-0.3, -0.25) is 9.59 Å². The molecule has 3 aromatic rings. The van der Waals surface area contributed by atoms with Gasteiger partial charge in [-0.2, -0.15) is 0 Å². The van der Waals surface area contributed by atoms with Crippen LogP contribution in [0, 0.1) is 0 Å². The summed E-state index contributed by atoms with van der Waals surface area (Å²) in [6, 6.07) is 22.6. The van der Waals surface area contributed by atoms with Crippen LogP contribution in [0.4, 0.5) is 11.4 Å². The average Bonchev–Trinajstić information content (AvgIpc) is 2.87. The molecule has 1 aliphatic rings. The number of hydrogen-bond donors (Lipinski definition) is 1. The zero-order valence-corrected chi connectivity index (χ0v) is 21.7. The summed E-state index contributed by atoms with van der Waals surface area (Å²) in [5.74, 6) is 0.440. The Labute approximate surface area is 217 Å². The normalized spacial score (nSPS) is 13.9. The smallest absolute Gasteiger partial charge is 0.262 e. The maximum Gasteiger partial charge on any atom is 0.262 e. The van der Waals surface area contributed by atoms with Crippen molar-refractivity contribution in [3.63, 3.8) is 0 Å². The first kappa shape index (κ1) is 25.6. The second-order valence-corrected chi connectivity index (χ2v) is 10.3. The Morgan fingerprint density at radius 2 is 1.58 bits per heavy atom. The van der Waals surface area contributed by atoms with Crippen molar-refractivity contribution in [2.24, 2.45) is 0 Å². The van der Waals surface area contributed by atoms with Gasteiger partial charge in [0.1, 0.15) is 5.75 Å². The van der Waals surface area contributed by atoms with Crippen molar-refractivity contribution >= 4 is 34.8 Å². The van der Waals surface area contributed by atoms with Crippen molar-refractivity contribution in [1.82, 2.24) is 4.90 Å². The largest absolute Gasteiger partial charge is 0.484 e. The number of piperazine rings is 1. The number of hydrogen-bond acceptors (Lipinski definition) is 4. The zero-order chi connectivity index (χ0) is 25.7. The van der Waals surface area contributed by atoms with Crippen LogP contribution in [0.25, 0.3) is 0 Å². The van der Waals surface area contributed by atoms with E-state index in [4.69, 9.17) is 16.3 Å². The van der Waals surface area contributed by atoms with E-state index < -0.39 is 0 Å². The van der Waals surface area contributed by atoms with Gasteiger partial charge >= 0.3 is 0 Å². The van der Waals surface area contributed by atoms with E-state index in [9.17, 15) is 9.59 Å². The molecule has 1 N–H and O–H groups in total. The fourth-order valence-corrected chi connectivity index (χ4v) is 4.45. The molecule has 0 spiro atoms. The van der Waals surface area contributed by atoms with Crippen LogP contribution in [-0.4, -0.2) is 49.5 Å². The molecule has 0 aliphatic carbocycles. The van der Waals surface area contributed by atoms with Gasteiger partial charge in [0, 0.05) is 37.4 Å². The lowest BCUT2D eigenvalue weighted by Crippen LogP contribution is -2.48. The lowest BCUT2D eigenvalue weighted by atomic mass is 9.87. The Hall–Kier alpha value is -3.51. The third-order valence-electron chi connectivity index (χ3n) is 6.25. The molecule has 188 valence electrons. The van der Waals surface area contributed by atoms with Crippen molar-refractivity contribution in [2.45, 2.75) is 26.2 Å². The van der Waals surface area contributed by atoms with Crippen molar-refractivity contribution in [3.05, 3.63) is 88.9 Å². The molecule has 7 heteroatoms. The van der Waals surface area contributed by atoms with Crippen LogP contribution in [-0.2, 0) is 10.2 Å². The van der Waals surface area contributed by atoms with Crippen molar-refractivity contribution in [1.29, 1.82) is 0 Å². The Morgan fingerprint density at radius 1 is 0.917 bits per heavy atom. The molecule has 1 aliphatic heterocycles. The second-order valence-electron chi connectivity index (χ2n) is 9.92. The molecule has 1 saturated heterocycles. The van der Waals surface area contributed by atoms with Gasteiger partial charge in [-0.1, -0.05) is 62.7 Å². The third-order valence-corrected chi connectivity index (χ3v) is 6.55. The zero-order valence-electron chi connectivity index (χ0n) is 21.0. The molecule has 3 aromatic carbocycles.